The molecule has 0 aromatic heterocycles. The molecule has 0 radical (unpaired) electrons. The van der Waals surface area contributed by atoms with E-state index in [-0.39, 0.29) is 17.9 Å². The van der Waals surface area contributed by atoms with Crippen LogP contribution in [0.2, 0.25) is 0 Å². The van der Waals surface area contributed by atoms with Crippen molar-refractivity contribution in [2.45, 2.75) is 59.2 Å². The van der Waals surface area contributed by atoms with Gasteiger partial charge >= 0.3 is 0 Å². The topological polar surface area (TPSA) is 58.6 Å². The summed E-state index contributed by atoms with van der Waals surface area (Å²) in [7, 11) is 0. The fourth-order valence-electron chi connectivity index (χ4n) is 3.01. The van der Waals surface area contributed by atoms with Crippen LogP contribution in [0.1, 0.15) is 44.7 Å². The number of carbonyl (C=O) groups excluding carboxylic acids is 2. The van der Waals surface area contributed by atoms with Crippen molar-refractivity contribution in [3.05, 3.63) is 64.1 Å². The first kappa shape index (κ1) is 23.9. The maximum Gasteiger partial charge on any atom is 0.242 e. The average Bonchev–Trinajstić information content (AvgIpc) is 2.69. The third-order valence-corrected chi connectivity index (χ3v) is 5.16. The highest BCUT2D eigenvalue weighted by atomic mass is 79.9. The van der Waals surface area contributed by atoms with Crippen molar-refractivity contribution in [3.8, 4) is 5.75 Å². The maximum absolute atomic E-state index is 13.0. The van der Waals surface area contributed by atoms with Gasteiger partial charge in [-0.2, -0.15) is 0 Å². The first-order valence-corrected chi connectivity index (χ1v) is 11.1. The first-order chi connectivity index (χ1) is 14.3. The quantitative estimate of drug-likeness (QED) is 0.500. The van der Waals surface area contributed by atoms with Gasteiger partial charge in [-0.1, -0.05) is 45.8 Å². The van der Waals surface area contributed by atoms with Gasteiger partial charge in [0.05, 0.1) is 6.61 Å². The van der Waals surface area contributed by atoms with Crippen molar-refractivity contribution in [1.82, 2.24) is 10.2 Å². The first-order valence-electron chi connectivity index (χ1n) is 10.3. The fourth-order valence-corrected chi connectivity index (χ4v) is 3.46. The van der Waals surface area contributed by atoms with Gasteiger partial charge in [-0.3, -0.25) is 9.59 Å². The Morgan fingerprint density at radius 2 is 1.80 bits per heavy atom. The van der Waals surface area contributed by atoms with E-state index in [1.165, 1.54) is 5.56 Å². The summed E-state index contributed by atoms with van der Waals surface area (Å²) >= 11 is 3.47. The van der Waals surface area contributed by atoms with Crippen molar-refractivity contribution >= 4 is 27.7 Å². The molecule has 0 bridgehead atoms. The van der Waals surface area contributed by atoms with Crippen LogP contribution in [0, 0.1) is 6.92 Å². The van der Waals surface area contributed by atoms with Crippen LogP contribution in [0.25, 0.3) is 0 Å². The van der Waals surface area contributed by atoms with E-state index in [4.69, 9.17) is 4.74 Å². The second kappa shape index (κ2) is 11.7. The summed E-state index contributed by atoms with van der Waals surface area (Å²) in [4.78, 5) is 27.2. The number of ether oxygens (including phenoxy) is 1. The van der Waals surface area contributed by atoms with E-state index in [0.29, 0.717) is 26.0 Å². The van der Waals surface area contributed by atoms with Gasteiger partial charge in [0.2, 0.25) is 11.8 Å². The number of hydrogen-bond donors (Lipinski definition) is 1. The standard InChI is InChI=1S/C24H31BrN2O3/c1-17(2)26-24(29)19(4)27(16-20-7-5-8-21(25)15-20)23(28)9-6-14-30-22-12-10-18(3)11-13-22/h5,7-8,10-13,15,17,19H,6,9,14,16H2,1-4H3,(H,26,29)/t19-/m0/s1. The van der Waals surface area contributed by atoms with Crippen LogP contribution < -0.4 is 10.1 Å². The summed E-state index contributed by atoms with van der Waals surface area (Å²) in [6, 6.07) is 15.1. The molecule has 2 rings (SSSR count). The molecule has 30 heavy (non-hydrogen) atoms. The van der Waals surface area contributed by atoms with Crippen molar-refractivity contribution < 1.29 is 14.3 Å². The van der Waals surface area contributed by atoms with E-state index in [1.807, 2.05) is 69.3 Å². The van der Waals surface area contributed by atoms with E-state index < -0.39 is 6.04 Å². The summed E-state index contributed by atoms with van der Waals surface area (Å²) in [6.45, 7) is 8.45. The molecule has 0 fully saturated rings. The number of amides is 2. The molecule has 0 aliphatic heterocycles. The monoisotopic (exact) mass is 474 g/mol. The Bertz CT molecular complexity index is 837. The molecule has 5 nitrogen and oxygen atoms in total. The Labute approximate surface area is 187 Å². The number of nitrogens with zero attached hydrogens (tertiary/aromatic N) is 1. The Kier molecular flexibility index (Phi) is 9.37. The van der Waals surface area contributed by atoms with Gasteiger partial charge in [-0.15, -0.1) is 0 Å². The van der Waals surface area contributed by atoms with Gasteiger partial charge in [-0.05, 0) is 63.9 Å². The zero-order chi connectivity index (χ0) is 22.1. The zero-order valence-corrected chi connectivity index (χ0v) is 19.7. The van der Waals surface area contributed by atoms with Crippen molar-refractivity contribution in [2.75, 3.05) is 6.61 Å². The summed E-state index contributed by atoms with van der Waals surface area (Å²) in [5, 5.41) is 2.90. The number of hydrogen-bond acceptors (Lipinski definition) is 3. The van der Waals surface area contributed by atoms with E-state index in [2.05, 4.69) is 21.2 Å². The molecule has 0 saturated heterocycles. The highest BCUT2D eigenvalue weighted by Crippen LogP contribution is 2.17. The van der Waals surface area contributed by atoms with Crippen LogP contribution >= 0.6 is 15.9 Å². The predicted octanol–water partition coefficient (Wildman–Crippen LogP) is 4.86. The highest BCUT2D eigenvalue weighted by Gasteiger charge is 2.26. The van der Waals surface area contributed by atoms with Crippen LogP contribution in [0.4, 0.5) is 0 Å². The van der Waals surface area contributed by atoms with E-state index in [1.54, 1.807) is 11.8 Å². The molecule has 2 amide bonds. The van der Waals surface area contributed by atoms with Crippen LogP contribution in [-0.4, -0.2) is 35.4 Å². The predicted molar refractivity (Wildman–Crippen MR) is 123 cm³/mol. The molecule has 0 saturated carbocycles. The van der Waals surface area contributed by atoms with E-state index in [9.17, 15) is 9.59 Å². The van der Waals surface area contributed by atoms with Gasteiger partial charge in [-0.25, -0.2) is 0 Å². The molecule has 6 heteroatoms. The lowest BCUT2D eigenvalue weighted by Gasteiger charge is -2.29. The number of carbonyl (C=O) groups is 2. The normalized spacial score (nSPS) is 11.8. The molecule has 2 aromatic carbocycles. The number of nitrogens with one attached hydrogen (secondary N) is 1. The summed E-state index contributed by atoms with van der Waals surface area (Å²) in [5.74, 6) is 0.585. The molecular formula is C24H31BrN2O3. The second-order valence-corrected chi connectivity index (χ2v) is 8.67. The number of benzene rings is 2. The highest BCUT2D eigenvalue weighted by molar-refractivity contribution is 9.10. The van der Waals surface area contributed by atoms with Crippen LogP contribution in [0.3, 0.4) is 0 Å². The Morgan fingerprint density at radius 1 is 1.10 bits per heavy atom. The molecule has 1 N–H and O–H groups in total. The molecule has 2 aromatic rings. The SMILES string of the molecule is Cc1ccc(OCCCC(=O)N(Cc2cccc(Br)c2)[C@@H](C)C(=O)NC(C)C)cc1. The molecule has 1 atom stereocenters. The molecule has 0 unspecified atom stereocenters. The van der Waals surface area contributed by atoms with E-state index in [0.717, 1.165) is 15.8 Å². The minimum Gasteiger partial charge on any atom is -0.494 e. The number of aryl methyl sites for hydroxylation is 1. The smallest absolute Gasteiger partial charge is 0.242 e. The van der Waals surface area contributed by atoms with Crippen LogP contribution in [0.5, 0.6) is 5.75 Å². The van der Waals surface area contributed by atoms with Gasteiger partial charge in [0.1, 0.15) is 11.8 Å². The van der Waals surface area contributed by atoms with Crippen molar-refractivity contribution in [2.24, 2.45) is 0 Å². The Morgan fingerprint density at radius 3 is 2.43 bits per heavy atom. The van der Waals surface area contributed by atoms with Gasteiger partial charge < -0.3 is 15.0 Å². The number of rotatable bonds is 10. The Balaban J connectivity index is 1.99. The fraction of sp³-hybridized carbons (Fsp3) is 0.417. The molecule has 0 aliphatic carbocycles. The second-order valence-electron chi connectivity index (χ2n) is 7.76. The molecule has 0 spiro atoms. The van der Waals surface area contributed by atoms with Crippen molar-refractivity contribution in [3.63, 3.8) is 0 Å². The van der Waals surface area contributed by atoms with Crippen LogP contribution in [0.15, 0.2) is 53.0 Å². The molecule has 162 valence electrons. The minimum atomic E-state index is -0.558. The Hall–Kier alpha value is -2.34. The lowest BCUT2D eigenvalue weighted by Crippen LogP contribution is -2.49. The lowest BCUT2D eigenvalue weighted by atomic mass is 10.1. The van der Waals surface area contributed by atoms with E-state index >= 15 is 0 Å². The summed E-state index contributed by atoms with van der Waals surface area (Å²) in [6.07, 6.45) is 0.902. The van der Waals surface area contributed by atoms with Gasteiger partial charge in [0, 0.05) is 23.5 Å². The third-order valence-electron chi connectivity index (χ3n) is 4.66. The van der Waals surface area contributed by atoms with Crippen LogP contribution in [-0.2, 0) is 16.1 Å². The summed E-state index contributed by atoms with van der Waals surface area (Å²) in [5.41, 5.74) is 2.15. The van der Waals surface area contributed by atoms with Gasteiger partial charge in [0.15, 0.2) is 0 Å². The zero-order valence-electron chi connectivity index (χ0n) is 18.2. The van der Waals surface area contributed by atoms with Gasteiger partial charge in [0.25, 0.3) is 0 Å². The minimum absolute atomic E-state index is 0.0191. The van der Waals surface area contributed by atoms with Crippen molar-refractivity contribution in [1.29, 1.82) is 0 Å². The third kappa shape index (κ3) is 7.82. The molecule has 0 heterocycles. The number of halogens is 1. The lowest BCUT2D eigenvalue weighted by molar-refractivity contribution is -0.141. The molecular weight excluding hydrogens is 444 g/mol. The molecule has 0 aliphatic rings. The largest absolute Gasteiger partial charge is 0.494 e. The maximum atomic E-state index is 13.0. The average molecular weight is 475 g/mol. The summed E-state index contributed by atoms with van der Waals surface area (Å²) < 4.78 is 6.67.